The number of aliphatic hydroxyl groups excluding tert-OH is 1. The molecule has 0 bridgehead atoms. The average Bonchev–Trinajstić information content (AvgIpc) is 3.40. The zero-order chi connectivity index (χ0) is 22.7. The molecule has 2 heterocycles. The Bertz CT molecular complexity index is 1090. The molecule has 0 radical (unpaired) electrons. The van der Waals surface area contributed by atoms with Crippen molar-refractivity contribution in [3.05, 3.63) is 38.9 Å². The third-order valence-corrected chi connectivity index (χ3v) is 7.11. The summed E-state index contributed by atoms with van der Waals surface area (Å²) >= 11 is 13.6. The lowest BCUT2D eigenvalue weighted by atomic mass is 9.66. The number of aliphatic hydroxyl groups is 1. The SMILES string of the molecule is COc1c(Cl)c([C@@H]2c3cc4c(cc3[C@@H](O)[C@H]3COC(=O)[C@H]23)OCO4)c(Cl)c(OC)c1OC. The predicted octanol–water partition coefficient (Wildman–Crippen LogP) is 3.72. The lowest BCUT2D eigenvalue weighted by molar-refractivity contribution is -0.141. The Balaban J connectivity index is 1.83. The molecule has 0 spiro atoms. The van der Waals surface area contributed by atoms with Crippen molar-refractivity contribution in [3.8, 4) is 28.7 Å². The highest BCUT2D eigenvalue weighted by atomic mass is 35.5. The van der Waals surface area contributed by atoms with Crippen LogP contribution < -0.4 is 23.7 Å². The summed E-state index contributed by atoms with van der Waals surface area (Å²) in [5, 5.41) is 11.5. The molecule has 0 unspecified atom stereocenters. The molecule has 4 atom stereocenters. The highest BCUT2D eigenvalue weighted by molar-refractivity contribution is 6.38. The minimum absolute atomic E-state index is 0.0690. The molecule has 2 aromatic carbocycles. The fourth-order valence-electron chi connectivity index (χ4n) is 4.95. The van der Waals surface area contributed by atoms with Crippen LogP contribution in [0.25, 0.3) is 0 Å². The number of methoxy groups -OCH3 is 3. The van der Waals surface area contributed by atoms with Crippen LogP contribution in [0, 0.1) is 11.8 Å². The summed E-state index contributed by atoms with van der Waals surface area (Å²) in [6, 6.07) is 3.48. The van der Waals surface area contributed by atoms with Gasteiger partial charge in [-0.2, -0.15) is 0 Å². The molecule has 8 nitrogen and oxygen atoms in total. The molecule has 0 saturated carbocycles. The van der Waals surface area contributed by atoms with Gasteiger partial charge < -0.3 is 33.5 Å². The highest BCUT2D eigenvalue weighted by Gasteiger charge is 2.53. The maximum Gasteiger partial charge on any atom is 0.310 e. The van der Waals surface area contributed by atoms with Gasteiger partial charge in [-0.1, -0.05) is 23.2 Å². The van der Waals surface area contributed by atoms with E-state index < -0.39 is 29.8 Å². The summed E-state index contributed by atoms with van der Waals surface area (Å²) in [5.41, 5.74) is 1.66. The monoisotopic (exact) mass is 482 g/mol. The molecular formula is C22H20Cl2O8. The van der Waals surface area contributed by atoms with Gasteiger partial charge in [-0.25, -0.2) is 0 Å². The summed E-state index contributed by atoms with van der Waals surface area (Å²) in [6.45, 7) is 0.147. The van der Waals surface area contributed by atoms with E-state index in [9.17, 15) is 9.90 Å². The minimum Gasteiger partial charge on any atom is -0.491 e. The van der Waals surface area contributed by atoms with Crippen LogP contribution in [-0.4, -0.2) is 45.8 Å². The molecular weight excluding hydrogens is 463 g/mol. The number of ether oxygens (including phenoxy) is 6. The second-order valence-electron chi connectivity index (χ2n) is 7.72. The summed E-state index contributed by atoms with van der Waals surface area (Å²) in [5.74, 6) is -0.607. The molecule has 2 aromatic rings. The molecule has 170 valence electrons. The Labute approximate surface area is 193 Å². The van der Waals surface area contributed by atoms with Crippen molar-refractivity contribution in [1.82, 2.24) is 0 Å². The van der Waals surface area contributed by atoms with E-state index in [-0.39, 0.29) is 40.7 Å². The molecule has 3 aliphatic rings. The molecule has 1 saturated heterocycles. The van der Waals surface area contributed by atoms with Crippen LogP contribution in [-0.2, 0) is 9.53 Å². The van der Waals surface area contributed by atoms with Gasteiger partial charge in [0.05, 0.1) is 50.0 Å². The predicted molar refractivity (Wildman–Crippen MR) is 113 cm³/mol. The third-order valence-electron chi connectivity index (χ3n) is 6.36. The summed E-state index contributed by atoms with van der Waals surface area (Å²) < 4.78 is 32.9. The van der Waals surface area contributed by atoms with E-state index in [1.165, 1.54) is 21.3 Å². The van der Waals surface area contributed by atoms with E-state index in [0.29, 0.717) is 28.2 Å². The van der Waals surface area contributed by atoms with Crippen LogP contribution in [0.4, 0.5) is 0 Å². The van der Waals surface area contributed by atoms with Crippen molar-refractivity contribution < 1.29 is 38.3 Å². The number of esters is 1. The number of halogens is 2. The van der Waals surface area contributed by atoms with Gasteiger partial charge in [0, 0.05) is 17.4 Å². The number of hydrogen-bond donors (Lipinski definition) is 1. The van der Waals surface area contributed by atoms with Crippen LogP contribution in [0.3, 0.4) is 0 Å². The topological polar surface area (TPSA) is 92.7 Å². The molecule has 1 fully saturated rings. The van der Waals surface area contributed by atoms with Crippen molar-refractivity contribution in [2.24, 2.45) is 11.8 Å². The Morgan fingerprint density at radius 2 is 1.47 bits per heavy atom. The highest BCUT2D eigenvalue weighted by Crippen LogP contribution is 2.60. The smallest absolute Gasteiger partial charge is 0.310 e. The first-order chi connectivity index (χ1) is 15.4. The largest absolute Gasteiger partial charge is 0.491 e. The summed E-state index contributed by atoms with van der Waals surface area (Å²) in [6.07, 6.45) is -0.938. The van der Waals surface area contributed by atoms with Gasteiger partial charge >= 0.3 is 5.97 Å². The maximum atomic E-state index is 12.9. The second kappa shape index (κ2) is 7.79. The Morgan fingerprint density at radius 1 is 0.906 bits per heavy atom. The van der Waals surface area contributed by atoms with Gasteiger partial charge in [-0.15, -0.1) is 0 Å². The van der Waals surface area contributed by atoms with Crippen LogP contribution in [0.1, 0.15) is 28.7 Å². The quantitative estimate of drug-likeness (QED) is 0.659. The second-order valence-corrected chi connectivity index (χ2v) is 8.47. The normalized spacial score (nSPS) is 25.1. The van der Waals surface area contributed by atoms with E-state index in [4.69, 9.17) is 51.6 Å². The lowest BCUT2D eigenvalue weighted by Crippen LogP contribution is -2.35. The van der Waals surface area contributed by atoms with Crippen LogP contribution in [0.2, 0.25) is 10.0 Å². The number of fused-ring (bicyclic) bond motifs is 3. The zero-order valence-electron chi connectivity index (χ0n) is 17.4. The van der Waals surface area contributed by atoms with E-state index in [0.717, 1.165) is 0 Å². The van der Waals surface area contributed by atoms with E-state index in [1.54, 1.807) is 12.1 Å². The summed E-state index contributed by atoms with van der Waals surface area (Å²) in [7, 11) is 4.35. The lowest BCUT2D eigenvalue weighted by Gasteiger charge is -2.37. The zero-order valence-corrected chi connectivity index (χ0v) is 19.0. The molecule has 1 aliphatic carbocycles. The van der Waals surface area contributed by atoms with E-state index in [1.807, 2.05) is 0 Å². The fraction of sp³-hybridized carbons (Fsp3) is 0.409. The molecule has 5 rings (SSSR count). The molecule has 0 amide bonds. The van der Waals surface area contributed by atoms with Gasteiger partial charge in [-0.05, 0) is 23.3 Å². The first-order valence-electron chi connectivity index (χ1n) is 9.87. The number of benzene rings is 2. The third kappa shape index (κ3) is 2.82. The van der Waals surface area contributed by atoms with Crippen LogP contribution in [0.15, 0.2) is 12.1 Å². The summed E-state index contributed by atoms with van der Waals surface area (Å²) in [4.78, 5) is 12.9. The Kier molecular flexibility index (Phi) is 5.19. The van der Waals surface area contributed by atoms with Crippen molar-refractivity contribution >= 4 is 29.2 Å². The molecule has 0 aromatic heterocycles. The van der Waals surface area contributed by atoms with Crippen molar-refractivity contribution in [2.45, 2.75) is 12.0 Å². The molecule has 1 N–H and O–H groups in total. The van der Waals surface area contributed by atoms with E-state index >= 15 is 0 Å². The van der Waals surface area contributed by atoms with Crippen molar-refractivity contribution in [2.75, 3.05) is 34.7 Å². The minimum atomic E-state index is -0.938. The number of carbonyl (C=O) groups excluding carboxylic acids is 1. The van der Waals surface area contributed by atoms with Crippen LogP contribution >= 0.6 is 23.2 Å². The fourth-order valence-corrected chi connectivity index (χ4v) is 5.75. The maximum absolute atomic E-state index is 12.9. The average molecular weight is 483 g/mol. The standard InChI is InChI=1S/C22H20Cl2O8/c1-27-19-16(23)15(17(24)20(28-2)21(19)29-3)13-8-4-11-12(32-7-31-11)5-9(8)18(25)10-6-30-22(26)14(10)13/h4-5,10,13-14,18,25H,6-7H2,1-3H3/t10-,13+,14-,18+/m0/s1. The molecule has 10 heteroatoms. The van der Waals surface area contributed by atoms with Gasteiger partial charge in [0.15, 0.2) is 23.0 Å². The molecule has 32 heavy (non-hydrogen) atoms. The number of cyclic esters (lactones) is 1. The Hall–Kier alpha value is -2.55. The molecule has 2 aliphatic heterocycles. The van der Waals surface area contributed by atoms with Gasteiger partial charge in [-0.3, -0.25) is 4.79 Å². The first-order valence-corrected chi connectivity index (χ1v) is 10.6. The first kappa shape index (κ1) is 21.3. The number of carbonyl (C=O) groups is 1. The van der Waals surface area contributed by atoms with Gasteiger partial charge in [0.2, 0.25) is 12.5 Å². The number of rotatable bonds is 4. The van der Waals surface area contributed by atoms with Gasteiger partial charge in [0.25, 0.3) is 0 Å². The van der Waals surface area contributed by atoms with Crippen LogP contribution in [0.5, 0.6) is 28.7 Å². The number of hydrogen-bond acceptors (Lipinski definition) is 8. The van der Waals surface area contributed by atoms with Crippen molar-refractivity contribution in [3.63, 3.8) is 0 Å². The van der Waals surface area contributed by atoms with Gasteiger partial charge in [0.1, 0.15) is 0 Å². The Morgan fingerprint density at radius 3 is 2.03 bits per heavy atom. The van der Waals surface area contributed by atoms with E-state index in [2.05, 4.69) is 0 Å². The van der Waals surface area contributed by atoms with Crippen molar-refractivity contribution in [1.29, 1.82) is 0 Å².